The highest BCUT2D eigenvalue weighted by atomic mass is 19.3. The molecule has 1 N–H and O–H groups in total. The standard InChI is InChI=1S/C17H16F2N6O/c1-10-16-20-15(11-5-3-2-4-6-11)23-25(16)8-7-24(10)17(26)13-9-12(14(18)19)21-22-13/h2-6,9-10,14H,7-8H2,1H3,(H,21,22)/t10-/m0/s1. The van der Waals surface area contributed by atoms with E-state index < -0.39 is 12.3 Å². The molecular formula is C17H16F2N6O. The van der Waals surface area contributed by atoms with E-state index in [1.165, 1.54) is 0 Å². The predicted octanol–water partition coefficient (Wildman–Crippen LogP) is 2.82. The van der Waals surface area contributed by atoms with E-state index in [2.05, 4.69) is 20.3 Å². The molecule has 3 heterocycles. The van der Waals surface area contributed by atoms with Gasteiger partial charge in [0.15, 0.2) is 11.5 Å². The van der Waals surface area contributed by atoms with Gasteiger partial charge in [0, 0.05) is 12.1 Å². The Bertz CT molecular complexity index is 936. The Morgan fingerprint density at radius 1 is 1.27 bits per heavy atom. The average molecular weight is 358 g/mol. The predicted molar refractivity (Wildman–Crippen MR) is 88.5 cm³/mol. The zero-order valence-electron chi connectivity index (χ0n) is 13.9. The molecule has 1 aromatic carbocycles. The molecule has 0 spiro atoms. The number of benzene rings is 1. The first-order valence-electron chi connectivity index (χ1n) is 8.19. The molecular weight excluding hydrogens is 342 g/mol. The van der Waals surface area contributed by atoms with Crippen LogP contribution in [0.3, 0.4) is 0 Å². The molecule has 0 fully saturated rings. The molecule has 1 aliphatic heterocycles. The van der Waals surface area contributed by atoms with E-state index in [0.717, 1.165) is 11.6 Å². The summed E-state index contributed by atoms with van der Waals surface area (Å²) in [5.41, 5.74) is 0.504. The van der Waals surface area contributed by atoms with Crippen LogP contribution in [0.25, 0.3) is 11.4 Å². The van der Waals surface area contributed by atoms with E-state index in [4.69, 9.17) is 0 Å². The van der Waals surface area contributed by atoms with Gasteiger partial charge in [0.25, 0.3) is 12.3 Å². The summed E-state index contributed by atoms with van der Waals surface area (Å²) in [7, 11) is 0. The number of hydrogen-bond donors (Lipinski definition) is 1. The van der Waals surface area contributed by atoms with Gasteiger partial charge < -0.3 is 4.90 Å². The maximum Gasteiger partial charge on any atom is 0.279 e. The summed E-state index contributed by atoms with van der Waals surface area (Å²) < 4.78 is 27.2. The van der Waals surface area contributed by atoms with Crippen LogP contribution >= 0.6 is 0 Å². The molecule has 4 rings (SSSR count). The van der Waals surface area contributed by atoms with E-state index in [0.29, 0.717) is 24.7 Å². The maximum atomic E-state index is 12.7. The highest BCUT2D eigenvalue weighted by molar-refractivity contribution is 5.92. The Kier molecular flexibility index (Phi) is 3.98. The zero-order chi connectivity index (χ0) is 18.3. The van der Waals surface area contributed by atoms with Gasteiger partial charge in [-0.1, -0.05) is 30.3 Å². The van der Waals surface area contributed by atoms with E-state index in [9.17, 15) is 13.6 Å². The van der Waals surface area contributed by atoms with Crippen molar-refractivity contribution in [2.24, 2.45) is 0 Å². The fraction of sp³-hybridized carbons (Fsp3) is 0.294. The molecule has 0 bridgehead atoms. The quantitative estimate of drug-likeness (QED) is 0.781. The van der Waals surface area contributed by atoms with Crippen molar-refractivity contribution in [2.45, 2.75) is 25.9 Å². The highest BCUT2D eigenvalue weighted by Crippen LogP contribution is 2.27. The van der Waals surface area contributed by atoms with Crippen LogP contribution in [-0.4, -0.2) is 42.3 Å². The lowest BCUT2D eigenvalue weighted by Crippen LogP contribution is -2.41. The number of carbonyl (C=O) groups is 1. The smallest absolute Gasteiger partial charge is 0.279 e. The number of amides is 1. The number of aromatic amines is 1. The Morgan fingerprint density at radius 3 is 2.73 bits per heavy atom. The van der Waals surface area contributed by atoms with Crippen molar-refractivity contribution in [3.63, 3.8) is 0 Å². The van der Waals surface area contributed by atoms with Gasteiger partial charge in [0.05, 0.1) is 12.6 Å². The number of nitrogens with zero attached hydrogens (tertiary/aromatic N) is 5. The van der Waals surface area contributed by atoms with Crippen molar-refractivity contribution in [3.8, 4) is 11.4 Å². The third-order valence-electron chi connectivity index (χ3n) is 4.44. The van der Waals surface area contributed by atoms with Crippen LogP contribution in [0.5, 0.6) is 0 Å². The minimum atomic E-state index is -2.70. The average Bonchev–Trinajstić information content (AvgIpc) is 3.30. The third kappa shape index (κ3) is 2.75. The fourth-order valence-electron chi connectivity index (χ4n) is 3.06. The lowest BCUT2D eigenvalue weighted by atomic mass is 10.2. The Hall–Kier alpha value is -3.10. The van der Waals surface area contributed by atoms with Crippen LogP contribution in [0.15, 0.2) is 36.4 Å². The molecule has 7 nitrogen and oxygen atoms in total. The Labute approximate surface area is 147 Å². The van der Waals surface area contributed by atoms with Crippen molar-refractivity contribution in [1.82, 2.24) is 29.9 Å². The molecule has 3 aromatic rings. The number of aromatic nitrogens is 5. The van der Waals surface area contributed by atoms with Gasteiger partial charge in [-0.3, -0.25) is 9.89 Å². The van der Waals surface area contributed by atoms with Gasteiger partial charge >= 0.3 is 0 Å². The first-order valence-corrected chi connectivity index (χ1v) is 8.19. The minimum absolute atomic E-state index is 0.0246. The second kappa shape index (κ2) is 6.32. The number of nitrogens with one attached hydrogen (secondary N) is 1. The van der Waals surface area contributed by atoms with E-state index in [1.54, 1.807) is 9.58 Å². The molecule has 1 atom stereocenters. The van der Waals surface area contributed by atoms with Crippen LogP contribution in [-0.2, 0) is 6.54 Å². The molecule has 0 saturated heterocycles. The molecule has 134 valence electrons. The van der Waals surface area contributed by atoms with Gasteiger partial charge in [-0.15, -0.1) is 0 Å². The summed E-state index contributed by atoms with van der Waals surface area (Å²) in [6, 6.07) is 10.3. The number of rotatable bonds is 3. The minimum Gasteiger partial charge on any atom is -0.325 e. The van der Waals surface area contributed by atoms with Crippen molar-refractivity contribution in [2.75, 3.05) is 6.54 Å². The molecule has 1 aliphatic rings. The van der Waals surface area contributed by atoms with E-state index >= 15 is 0 Å². The first kappa shape index (κ1) is 16.4. The SMILES string of the molecule is C[C@H]1c2nc(-c3ccccc3)nn2CCN1C(=O)c1cc(C(F)F)[nH]n1. The first-order chi connectivity index (χ1) is 12.5. The lowest BCUT2D eigenvalue weighted by molar-refractivity contribution is 0.0624. The fourth-order valence-corrected chi connectivity index (χ4v) is 3.06. The topological polar surface area (TPSA) is 79.7 Å². The molecule has 2 aromatic heterocycles. The maximum absolute atomic E-state index is 12.7. The number of fused-ring (bicyclic) bond motifs is 1. The van der Waals surface area contributed by atoms with Gasteiger partial charge in [0.1, 0.15) is 11.5 Å². The summed E-state index contributed by atoms with van der Waals surface area (Å²) in [4.78, 5) is 18.8. The zero-order valence-corrected chi connectivity index (χ0v) is 13.9. The van der Waals surface area contributed by atoms with E-state index in [1.807, 2.05) is 37.3 Å². The number of hydrogen-bond acceptors (Lipinski definition) is 4. The van der Waals surface area contributed by atoms with Crippen molar-refractivity contribution >= 4 is 5.91 Å². The highest BCUT2D eigenvalue weighted by Gasteiger charge is 2.32. The largest absolute Gasteiger partial charge is 0.325 e. The van der Waals surface area contributed by atoms with Crippen LogP contribution in [0.4, 0.5) is 8.78 Å². The second-order valence-electron chi connectivity index (χ2n) is 6.07. The van der Waals surface area contributed by atoms with Crippen LogP contribution < -0.4 is 0 Å². The second-order valence-corrected chi connectivity index (χ2v) is 6.07. The number of alkyl halides is 2. The molecule has 0 radical (unpaired) electrons. The van der Waals surface area contributed by atoms with Crippen LogP contribution in [0, 0.1) is 0 Å². The molecule has 9 heteroatoms. The summed E-state index contributed by atoms with van der Waals surface area (Å²) in [6.07, 6.45) is -2.70. The number of carbonyl (C=O) groups excluding carboxylic acids is 1. The van der Waals surface area contributed by atoms with E-state index in [-0.39, 0.29) is 17.4 Å². The lowest BCUT2D eigenvalue weighted by Gasteiger charge is -2.32. The summed E-state index contributed by atoms with van der Waals surface area (Å²) in [6.45, 7) is 2.73. The summed E-state index contributed by atoms with van der Waals surface area (Å²) in [5, 5.41) is 10.4. The van der Waals surface area contributed by atoms with Crippen LogP contribution in [0.2, 0.25) is 0 Å². The number of H-pyrrole nitrogens is 1. The van der Waals surface area contributed by atoms with Gasteiger partial charge in [-0.05, 0) is 13.0 Å². The van der Waals surface area contributed by atoms with Crippen LogP contribution in [0.1, 0.15) is 41.4 Å². The monoisotopic (exact) mass is 358 g/mol. The normalized spacial score (nSPS) is 16.8. The van der Waals surface area contributed by atoms with Crippen molar-refractivity contribution in [1.29, 1.82) is 0 Å². The molecule has 1 amide bonds. The van der Waals surface area contributed by atoms with Crippen molar-refractivity contribution in [3.05, 3.63) is 53.6 Å². The summed E-state index contributed by atoms with van der Waals surface area (Å²) >= 11 is 0. The van der Waals surface area contributed by atoms with Crippen molar-refractivity contribution < 1.29 is 13.6 Å². The molecule has 0 saturated carbocycles. The summed E-state index contributed by atoms with van der Waals surface area (Å²) in [5.74, 6) is 0.853. The van der Waals surface area contributed by atoms with Gasteiger partial charge in [-0.2, -0.15) is 10.2 Å². The molecule has 0 aliphatic carbocycles. The van der Waals surface area contributed by atoms with Gasteiger partial charge in [-0.25, -0.2) is 18.4 Å². The third-order valence-corrected chi connectivity index (χ3v) is 4.44. The Balaban J connectivity index is 1.60. The Morgan fingerprint density at radius 2 is 2.04 bits per heavy atom. The molecule has 0 unspecified atom stereocenters. The molecule has 26 heavy (non-hydrogen) atoms. The van der Waals surface area contributed by atoms with Gasteiger partial charge in [0.2, 0.25) is 0 Å². The number of halogens is 2.